The third-order valence-corrected chi connectivity index (χ3v) is 7.66. The number of hydrogen-bond donors (Lipinski definition) is 1. The largest absolute Gasteiger partial charge is 0.466 e. The van der Waals surface area contributed by atoms with Crippen molar-refractivity contribution in [3.8, 4) is 6.07 Å². The summed E-state index contributed by atoms with van der Waals surface area (Å²) in [6, 6.07) is 10.5. The van der Waals surface area contributed by atoms with Crippen LogP contribution in [0.3, 0.4) is 0 Å². The molecule has 234 valence electrons. The van der Waals surface area contributed by atoms with E-state index in [9.17, 15) is 28.0 Å². The summed E-state index contributed by atoms with van der Waals surface area (Å²) in [7, 11) is 5.13. The first-order valence-electron chi connectivity index (χ1n) is 13.8. The van der Waals surface area contributed by atoms with Gasteiger partial charge in [-0.2, -0.15) is 18.4 Å². The Morgan fingerprint density at radius 3 is 2.58 bits per heavy atom. The minimum atomic E-state index is -4.63. The first-order chi connectivity index (χ1) is 21.2. The van der Waals surface area contributed by atoms with Gasteiger partial charge in [-0.25, -0.2) is 19.3 Å². The van der Waals surface area contributed by atoms with Gasteiger partial charge in [0.15, 0.2) is 6.54 Å². The Balaban J connectivity index is 1.65. The number of fused-ring (bicyclic) bond motifs is 1. The van der Waals surface area contributed by atoms with Gasteiger partial charge in [0.25, 0.3) is 5.89 Å². The standard InChI is InChI=1S/C30H29F3N8O4/c1-17-25(27(42)44-5)26(40-28(37-38-29(40)43)39(17)22-8-6-7-21(14-22)30(31,32)33)23-10-9-19(15-34)13-20(23)11-12-41(3,4)16-24-36-35-18(2)45-24/h6-10,13-14,26H,11-12,16H2,1-5H3/p+1. The number of anilines is 2. The Morgan fingerprint density at radius 1 is 1.18 bits per heavy atom. The van der Waals surface area contributed by atoms with Crippen molar-refractivity contribution < 1.29 is 31.6 Å². The molecule has 0 amide bonds. The second-order valence-corrected chi connectivity index (χ2v) is 11.3. The quantitative estimate of drug-likeness (QED) is 0.226. The summed E-state index contributed by atoms with van der Waals surface area (Å²) < 4.78 is 53.3. The van der Waals surface area contributed by atoms with Crippen LogP contribution >= 0.6 is 0 Å². The number of ether oxygens (including phenoxy) is 1. The minimum absolute atomic E-state index is 0.0203. The Bertz CT molecular complexity index is 1900. The summed E-state index contributed by atoms with van der Waals surface area (Å²) in [6.45, 7) is 4.23. The number of allylic oxidation sites excluding steroid dienone is 1. The summed E-state index contributed by atoms with van der Waals surface area (Å²) >= 11 is 0. The third kappa shape index (κ3) is 6.09. The number of aromatic amines is 1. The summed E-state index contributed by atoms with van der Waals surface area (Å²) in [5, 5.41) is 24.2. The molecule has 0 radical (unpaired) electrons. The lowest BCUT2D eigenvalue weighted by Crippen LogP contribution is -2.41. The maximum atomic E-state index is 13.6. The van der Waals surface area contributed by atoms with E-state index in [1.807, 2.05) is 14.1 Å². The van der Waals surface area contributed by atoms with Crippen molar-refractivity contribution in [2.24, 2.45) is 0 Å². The van der Waals surface area contributed by atoms with Crippen LogP contribution < -0.4 is 10.6 Å². The van der Waals surface area contributed by atoms with Crippen molar-refractivity contribution in [1.29, 1.82) is 5.26 Å². The second kappa shape index (κ2) is 11.7. The topological polar surface area (TPSA) is 143 Å². The highest BCUT2D eigenvalue weighted by Crippen LogP contribution is 2.43. The molecule has 4 aromatic rings. The van der Waals surface area contributed by atoms with Gasteiger partial charge < -0.3 is 13.6 Å². The van der Waals surface area contributed by atoms with Crippen molar-refractivity contribution in [2.45, 2.75) is 39.0 Å². The number of H-pyrrole nitrogens is 1. The molecule has 2 aromatic heterocycles. The predicted molar refractivity (Wildman–Crippen MR) is 154 cm³/mol. The predicted octanol–water partition coefficient (Wildman–Crippen LogP) is 4.16. The van der Waals surface area contributed by atoms with Gasteiger partial charge in [-0.15, -0.1) is 15.3 Å². The summed E-state index contributed by atoms with van der Waals surface area (Å²) in [5.74, 6) is 0.106. The highest BCUT2D eigenvalue weighted by molar-refractivity contribution is 5.93. The first-order valence-corrected chi connectivity index (χ1v) is 13.8. The molecule has 1 unspecified atom stereocenters. The number of nitrogens with zero attached hydrogens (tertiary/aromatic N) is 7. The molecule has 1 aliphatic rings. The van der Waals surface area contributed by atoms with Crippen molar-refractivity contribution in [3.05, 3.63) is 98.3 Å². The molecule has 0 aliphatic carbocycles. The molecular weight excluding hydrogens is 593 g/mol. The highest BCUT2D eigenvalue weighted by atomic mass is 19.4. The number of hydrogen-bond acceptors (Lipinski definition) is 9. The molecule has 12 nitrogen and oxygen atoms in total. The maximum Gasteiger partial charge on any atom is 0.416 e. The number of quaternary nitrogens is 1. The van der Waals surface area contributed by atoms with Crippen LogP contribution in [0.1, 0.15) is 47.0 Å². The molecule has 0 saturated carbocycles. The van der Waals surface area contributed by atoms with Crippen LogP contribution in [0.15, 0.2) is 62.9 Å². The van der Waals surface area contributed by atoms with E-state index in [4.69, 9.17) is 9.15 Å². The molecule has 5 rings (SSSR count). The molecule has 0 spiro atoms. The van der Waals surface area contributed by atoms with E-state index < -0.39 is 29.4 Å². The van der Waals surface area contributed by atoms with E-state index in [0.29, 0.717) is 52.5 Å². The zero-order valence-corrected chi connectivity index (χ0v) is 25.1. The van der Waals surface area contributed by atoms with Crippen LogP contribution in [0, 0.1) is 18.3 Å². The molecule has 0 saturated heterocycles. The number of alkyl halides is 3. The summed E-state index contributed by atoms with van der Waals surface area (Å²) in [5.41, 5.74) is 0.237. The van der Waals surface area contributed by atoms with Gasteiger partial charge in [0, 0.05) is 24.7 Å². The van der Waals surface area contributed by atoms with Crippen molar-refractivity contribution in [3.63, 3.8) is 0 Å². The van der Waals surface area contributed by atoms with E-state index in [1.54, 1.807) is 32.0 Å². The molecule has 1 N–H and O–H groups in total. The van der Waals surface area contributed by atoms with E-state index in [0.717, 1.165) is 12.1 Å². The summed E-state index contributed by atoms with van der Waals surface area (Å²) in [4.78, 5) is 28.1. The fourth-order valence-electron chi connectivity index (χ4n) is 5.51. The zero-order chi connectivity index (χ0) is 32.7. The molecular formula is C30H30F3N8O4+. The molecule has 2 aromatic carbocycles. The normalized spacial score (nSPS) is 15.2. The number of esters is 1. The third-order valence-electron chi connectivity index (χ3n) is 7.66. The van der Waals surface area contributed by atoms with Gasteiger partial charge in [-0.1, -0.05) is 12.1 Å². The van der Waals surface area contributed by atoms with Crippen LogP contribution in [0.5, 0.6) is 0 Å². The Labute approximate surface area is 255 Å². The molecule has 45 heavy (non-hydrogen) atoms. The number of nitriles is 1. The average molecular weight is 624 g/mol. The molecule has 3 heterocycles. The molecule has 0 fully saturated rings. The Morgan fingerprint density at radius 2 is 1.93 bits per heavy atom. The first kappa shape index (κ1) is 31.2. The number of rotatable bonds is 8. The fraction of sp³-hybridized carbons (Fsp3) is 0.333. The number of nitrogens with one attached hydrogen (secondary N) is 1. The van der Waals surface area contributed by atoms with Gasteiger partial charge in [0.05, 0.1) is 50.5 Å². The van der Waals surface area contributed by atoms with Crippen LogP contribution in [0.4, 0.5) is 24.8 Å². The van der Waals surface area contributed by atoms with Crippen LogP contribution in [-0.4, -0.2) is 63.2 Å². The van der Waals surface area contributed by atoms with E-state index in [-0.39, 0.29) is 22.9 Å². The van der Waals surface area contributed by atoms with Crippen molar-refractivity contribution in [1.82, 2.24) is 25.0 Å². The SMILES string of the molecule is COC(=O)C1=C(C)N(c2cccc(C(F)(F)F)c2)c2n[nH]c(=O)n2C1c1ccc(C#N)cc1CC[N+](C)(C)Cc1nnc(C)o1. The number of benzene rings is 2. The number of aromatic nitrogens is 5. The van der Waals surface area contributed by atoms with Gasteiger partial charge >= 0.3 is 17.8 Å². The maximum absolute atomic E-state index is 13.6. The summed E-state index contributed by atoms with van der Waals surface area (Å²) in [6.07, 6.45) is -4.22. The molecule has 1 atom stereocenters. The number of likely N-dealkylation sites (N-methyl/N-ethyl adjacent to an activating group) is 1. The van der Waals surface area contributed by atoms with Gasteiger partial charge in [0.2, 0.25) is 11.8 Å². The monoisotopic (exact) mass is 623 g/mol. The molecule has 1 aliphatic heterocycles. The van der Waals surface area contributed by atoms with Crippen molar-refractivity contribution >= 4 is 17.6 Å². The van der Waals surface area contributed by atoms with Crippen LogP contribution in [-0.2, 0) is 28.7 Å². The van der Waals surface area contributed by atoms with Crippen LogP contribution in [0.25, 0.3) is 0 Å². The molecule has 0 bridgehead atoms. The lowest BCUT2D eigenvalue weighted by molar-refractivity contribution is -0.904. The van der Waals surface area contributed by atoms with E-state index >= 15 is 0 Å². The van der Waals surface area contributed by atoms with Gasteiger partial charge in [-0.05, 0) is 48.4 Å². The molecule has 15 heteroatoms. The van der Waals surface area contributed by atoms with E-state index in [2.05, 4.69) is 26.5 Å². The number of halogens is 3. The highest BCUT2D eigenvalue weighted by Gasteiger charge is 2.41. The Kier molecular flexibility index (Phi) is 8.11. The number of carbonyl (C=O) groups excluding carboxylic acids is 1. The van der Waals surface area contributed by atoms with Crippen LogP contribution in [0.2, 0.25) is 0 Å². The minimum Gasteiger partial charge on any atom is -0.466 e. The lowest BCUT2D eigenvalue weighted by Gasteiger charge is -2.36. The van der Waals surface area contributed by atoms with Gasteiger partial charge in [0.1, 0.15) is 6.04 Å². The van der Waals surface area contributed by atoms with Gasteiger partial charge in [-0.3, -0.25) is 4.90 Å². The zero-order valence-electron chi connectivity index (χ0n) is 25.1. The fourth-order valence-corrected chi connectivity index (χ4v) is 5.51. The lowest BCUT2D eigenvalue weighted by atomic mass is 9.89. The second-order valence-electron chi connectivity index (χ2n) is 11.3. The Hall–Kier alpha value is -5.23. The number of methoxy groups -OCH3 is 1. The number of carbonyl (C=O) groups is 1. The smallest absolute Gasteiger partial charge is 0.416 e. The van der Waals surface area contributed by atoms with E-state index in [1.165, 1.54) is 28.7 Å². The average Bonchev–Trinajstić information content (AvgIpc) is 3.58. The number of aryl methyl sites for hydroxylation is 1. The van der Waals surface area contributed by atoms with Crippen molar-refractivity contribution in [2.75, 3.05) is 32.6 Å².